The molecule has 0 amide bonds. The van der Waals surface area contributed by atoms with E-state index in [4.69, 9.17) is 23.7 Å². The second kappa shape index (κ2) is 40.2. The summed E-state index contributed by atoms with van der Waals surface area (Å²) in [4.78, 5) is 2.51. The fourth-order valence-corrected chi connectivity index (χ4v) is 5.77. The Morgan fingerprint density at radius 1 is 0.702 bits per heavy atom. The average molecular weight is 677 g/mol. The van der Waals surface area contributed by atoms with Gasteiger partial charge in [0.15, 0.2) is 0 Å². The molecule has 6 atom stereocenters. The number of hydrogen-bond donors (Lipinski definition) is 1. The largest absolute Gasteiger partial charge is 0.385 e. The van der Waals surface area contributed by atoms with Crippen LogP contribution >= 0.6 is 0 Å². The zero-order valence-corrected chi connectivity index (χ0v) is 34.3. The first-order chi connectivity index (χ1) is 22.7. The molecule has 0 spiro atoms. The van der Waals surface area contributed by atoms with Crippen LogP contribution in [0.1, 0.15) is 158 Å². The Kier molecular flexibility index (Phi) is 43.6. The zero-order chi connectivity index (χ0) is 36.1. The molecular weight excluding hydrogens is 588 g/mol. The summed E-state index contributed by atoms with van der Waals surface area (Å²) in [7, 11) is 8.87. The lowest BCUT2D eigenvalue weighted by molar-refractivity contribution is 0.108. The molecule has 0 saturated carbocycles. The molecule has 288 valence electrons. The van der Waals surface area contributed by atoms with Crippen molar-refractivity contribution in [2.45, 2.75) is 188 Å². The van der Waals surface area contributed by atoms with Crippen LogP contribution in [0, 0.1) is 5.92 Å². The summed E-state index contributed by atoms with van der Waals surface area (Å²) < 4.78 is 25.4. The van der Waals surface area contributed by atoms with E-state index in [1.165, 1.54) is 109 Å². The molecule has 0 radical (unpaired) electrons. The number of unbranched alkanes of at least 4 members (excludes halogenated alkanes) is 6. The Hall–Kier alpha value is -0.280. The normalized spacial score (nSPS) is 21.6. The van der Waals surface area contributed by atoms with Crippen LogP contribution < -0.4 is 5.32 Å². The van der Waals surface area contributed by atoms with Crippen LogP contribution in [0.2, 0.25) is 0 Å². The highest BCUT2D eigenvalue weighted by Crippen LogP contribution is 2.19. The van der Waals surface area contributed by atoms with Gasteiger partial charge in [0.05, 0.1) is 18.8 Å². The molecule has 2 heterocycles. The Morgan fingerprint density at radius 2 is 1.34 bits per heavy atom. The number of nitrogens with zero attached hydrogens (tertiary/aromatic N) is 1. The number of methoxy groups -OCH3 is 5. The lowest BCUT2D eigenvalue weighted by Gasteiger charge is -2.19. The van der Waals surface area contributed by atoms with Crippen LogP contribution in [-0.4, -0.2) is 104 Å². The van der Waals surface area contributed by atoms with Gasteiger partial charge in [-0.25, -0.2) is 0 Å². The van der Waals surface area contributed by atoms with Gasteiger partial charge in [-0.2, -0.15) is 0 Å². The number of ether oxygens (including phenoxy) is 5. The molecule has 2 saturated heterocycles. The van der Waals surface area contributed by atoms with Gasteiger partial charge in [-0.05, 0) is 77.7 Å². The maximum atomic E-state index is 5.32. The SMILES string of the molecule is CCC1CCC(COC)N1.CCCCC(C)COC.CCCCCC(C)OC.CCCCCCOC.CCCN1CC(OC)CC1C. The van der Waals surface area contributed by atoms with E-state index in [0.29, 0.717) is 18.2 Å². The molecule has 0 aromatic carbocycles. The second-order valence-electron chi connectivity index (χ2n) is 13.7. The van der Waals surface area contributed by atoms with E-state index in [2.05, 4.69) is 65.6 Å². The summed E-state index contributed by atoms with van der Waals surface area (Å²) in [6, 6.07) is 2.09. The summed E-state index contributed by atoms with van der Waals surface area (Å²) in [5.41, 5.74) is 0. The number of hydrogen-bond acceptors (Lipinski definition) is 7. The predicted molar refractivity (Wildman–Crippen MR) is 206 cm³/mol. The van der Waals surface area contributed by atoms with E-state index in [1.807, 2.05) is 7.11 Å². The molecular formula is C40H88N2O5. The first kappa shape index (κ1) is 51.1. The second-order valence-corrected chi connectivity index (χ2v) is 13.7. The first-order valence-electron chi connectivity index (χ1n) is 19.7. The third-order valence-corrected chi connectivity index (χ3v) is 9.03. The Bertz CT molecular complexity index is 565. The van der Waals surface area contributed by atoms with Crippen molar-refractivity contribution in [3.05, 3.63) is 0 Å². The molecule has 2 fully saturated rings. The molecule has 0 aromatic heterocycles. The van der Waals surface area contributed by atoms with E-state index in [9.17, 15) is 0 Å². The standard InChI is InChI=1S/C9H19NO.C8H17NO.2C8H18O.C7H16O/c1-4-5-10-7-9(11-3)6-8(10)2;1-3-7-4-5-8(9-7)6-10-2;1-4-5-6-8(2)7-9-3;1-4-5-6-7-8(2)9-3;1-3-4-5-6-7-8-2/h8-9H,4-7H2,1-3H3;7-9H,3-6H2,1-2H3;2*8H,4-7H2,1-3H3;3-7H2,1-2H3. The lowest BCUT2D eigenvalue weighted by atomic mass is 10.1. The van der Waals surface area contributed by atoms with Crippen LogP contribution in [0.25, 0.3) is 0 Å². The number of nitrogens with one attached hydrogen (secondary N) is 1. The van der Waals surface area contributed by atoms with Gasteiger partial charge in [0.1, 0.15) is 0 Å². The minimum absolute atomic E-state index is 0.455. The van der Waals surface area contributed by atoms with Gasteiger partial charge in [-0.1, -0.05) is 92.9 Å². The van der Waals surface area contributed by atoms with Crippen LogP contribution in [-0.2, 0) is 23.7 Å². The van der Waals surface area contributed by atoms with Crippen molar-refractivity contribution >= 4 is 0 Å². The van der Waals surface area contributed by atoms with Gasteiger partial charge >= 0.3 is 0 Å². The van der Waals surface area contributed by atoms with E-state index >= 15 is 0 Å². The third kappa shape index (κ3) is 35.4. The molecule has 47 heavy (non-hydrogen) atoms. The van der Waals surface area contributed by atoms with Crippen LogP contribution in [0.4, 0.5) is 0 Å². The van der Waals surface area contributed by atoms with Gasteiger partial charge in [0.25, 0.3) is 0 Å². The fraction of sp³-hybridized carbons (Fsp3) is 1.00. The highest BCUT2D eigenvalue weighted by molar-refractivity contribution is 4.83. The molecule has 0 aliphatic carbocycles. The van der Waals surface area contributed by atoms with Crippen LogP contribution in [0.3, 0.4) is 0 Å². The minimum atomic E-state index is 0.455. The molecule has 7 nitrogen and oxygen atoms in total. The van der Waals surface area contributed by atoms with Gasteiger partial charge in [-0.3, -0.25) is 4.90 Å². The van der Waals surface area contributed by atoms with E-state index in [-0.39, 0.29) is 0 Å². The van der Waals surface area contributed by atoms with Crippen molar-refractivity contribution < 1.29 is 23.7 Å². The number of rotatable bonds is 21. The van der Waals surface area contributed by atoms with Crippen molar-refractivity contribution in [1.82, 2.24) is 10.2 Å². The minimum Gasteiger partial charge on any atom is -0.385 e. The first-order valence-corrected chi connectivity index (χ1v) is 19.7. The Balaban J connectivity index is -0.000000518. The topological polar surface area (TPSA) is 61.4 Å². The maximum Gasteiger partial charge on any atom is 0.0713 e. The van der Waals surface area contributed by atoms with Crippen molar-refractivity contribution in [1.29, 1.82) is 0 Å². The highest BCUT2D eigenvalue weighted by atomic mass is 16.5. The molecule has 2 aliphatic heterocycles. The predicted octanol–water partition coefficient (Wildman–Crippen LogP) is 9.94. The summed E-state index contributed by atoms with van der Waals surface area (Å²) in [5.74, 6) is 0.745. The lowest BCUT2D eigenvalue weighted by Crippen LogP contribution is -2.31. The molecule has 2 aliphatic rings. The van der Waals surface area contributed by atoms with Gasteiger partial charge in [-0.15, -0.1) is 0 Å². The average Bonchev–Trinajstić information content (AvgIpc) is 3.69. The van der Waals surface area contributed by atoms with E-state index in [1.54, 1.807) is 28.4 Å². The van der Waals surface area contributed by atoms with Gasteiger partial charge in [0, 0.05) is 73.4 Å². The number of likely N-dealkylation sites (tertiary alicyclic amines) is 1. The monoisotopic (exact) mass is 677 g/mol. The summed E-state index contributed by atoms with van der Waals surface area (Å²) in [6.45, 7) is 22.8. The third-order valence-electron chi connectivity index (χ3n) is 9.03. The van der Waals surface area contributed by atoms with E-state index < -0.39 is 0 Å². The molecule has 0 bridgehead atoms. The van der Waals surface area contributed by atoms with Crippen molar-refractivity contribution in [2.24, 2.45) is 5.92 Å². The Morgan fingerprint density at radius 3 is 1.81 bits per heavy atom. The molecule has 2 rings (SSSR count). The summed E-state index contributed by atoms with van der Waals surface area (Å²) >= 11 is 0. The molecule has 1 N–H and O–H groups in total. The van der Waals surface area contributed by atoms with E-state index in [0.717, 1.165) is 44.4 Å². The highest BCUT2D eigenvalue weighted by Gasteiger charge is 2.27. The molecule has 7 heteroatoms. The summed E-state index contributed by atoms with van der Waals surface area (Å²) in [6.07, 6.45) is 21.6. The van der Waals surface area contributed by atoms with Crippen molar-refractivity contribution in [2.75, 3.05) is 68.5 Å². The maximum absolute atomic E-state index is 5.32. The van der Waals surface area contributed by atoms with Crippen molar-refractivity contribution in [3.8, 4) is 0 Å². The fourth-order valence-electron chi connectivity index (χ4n) is 5.77. The molecule has 0 aromatic rings. The Labute approximate surface area is 296 Å². The van der Waals surface area contributed by atoms with Gasteiger partial charge in [0.2, 0.25) is 0 Å². The summed E-state index contributed by atoms with van der Waals surface area (Å²) in [5, 5.41) is 3.52. The quantitative estimate of drug-likeness (QED) is 0.121. The smallest absolute Gasteiger partial charge is 0.0713 e. The van der Waals surface area contributed by atoms with Crippen molar-refractivity contribution in [3.63, 3.8) is 0 Å². The van der Waals surface area contributed by atoms with Crippen LogP contribution in [0.5, 0.6) is 0 Å². The van der Waals surface area contributed by atoms with Crippen LogP contribution in [0.15, 0.2) is 0 Å². The molecule has 6 unspecified atom stereocenters. The zero-order valence-electron chi connectivity index (χ0n) is 34.3. The van der Waals surface area contributed by atoms with Gasteiger partial charge < -0.3 is 29.0 Å².